The second-order valence-electron chi connectivity index (χ2n) is 6.36. The van der Waals surface area contributed by atoms with Crippen LogP contribution in [0.15, 0.2) is 43.0 Å². The maximum absolute atomic E-state index is 6.45. The third-order valence-corrected chi connectivity index (χ3v) is 4.86. The highest BCUT2D eigenvalue weighted by molar-refractivity contribution is 5.15. The predicted molar refractivity (Wildman–Crippen MR) is 85.1 cm³/mol. The zero-order valence-corrected chi connectivity index (χ0v) is 12.8. The van der Waals surface area contributed by atoms with Gasteiger partial charge in [0.15, 0.2) is 5.79 Å². The molecular formula is C19H26O2. The maximum atomic E-state index is 6.45. The van der Waals surface area contributed by atoms with Crippen LogP contribution in [0.2, 0.25) is 0 Å². The van der Waals surface area contributed by atoms with Crippen LogP contribution >= 0.6 is 0 Å². The largest absolute Gasteiger partial charge is 0.349 e. The molecule has 1 aromatic rings. The summed E-state index contributed by atoms with van der Waals surface area (Å²) in [5.41, 5.74) is 1.38. The Morgan fingerprint density at radius 1 is 1.14 bits per heavy atom. The second kappa shape index (κ2) is 6.76. The van der Waals surface area contributed by atoms with E-state index in [4.69, 9.17) is 9.47 Å². The smallest absolute Gasteiger partial charge is 0.168 e. The van der Waals surface area contributed by atoms with Crippen LogP contribution in [0.25, 0.3) is 0 Å². The van der Waals surface area contributed by atoms with Crippen molar-refractivity contribution >= 4 is 0 Å². The van der Waals surface area contributed by atoms with Crippen LogP contribution in [0.1, 0.15) is 44.1 Å². The summed E-state index contributed by atoms with van der Waals surface area (Å²) >= 11 is 0. The molecule has 1 spiro atoms. The van der Waals surface area contributed by atoms with Crippen molar-refractivity contribution in [1.29, 1.82) is 0 Å². The monoisotopic (exact) mass is 286 g/mol. The first kappa shape index (κ1) is 14.8. The molecule has 2 atom stereocenters. The molecule has 0 aromatic heterocycles. The van der Waals surface area contributed by atoms with Gasteiger partial charge >= 0.3 is 0 Å². The van der Waals surface area contributed by atoms with E-state index in [0.29, 0.717) is 5.92 Å². The van der Waals surface area contributed by atoms with Gasteiger partial charge in [-0.3, -0.25) is 0 Å². The van der Waals surface area contributed by atoms with Crippen LogP contribution in [0.5, 0.6) is 0 Å². The van der Waals surface area contributed by atoms with Crippen LogP contribution in [0.3, 0.4) is 0 Å². The number of hydrogen-bond acceptors (Lipinski definition) is 2. The van der Waals surface area contributed by atoms with E-state index in [1.54, 1.807) is 0 Å². The van der Waals surface area contributed by atoms with Gasteiger partial charge in [0.05, 0.1) is 12.7 Å². The van der Waals surface area contributed by atoms with Crippen molar-refractivity contribution in [2.75, 3.05) is 6.61 Å². The van der Waals surface area contributed by atoms with Gasteiger partial charge in [-0.1, -0.05) is 42.8 Å². The van der Waals surface area contributed by atoms with Gasteiger partial charge in [0.25, 0.3) is 0 Å². The number of aryl methyl sites for hydroxylation is 1. The third kappa shape index (κ3) is 3.56. The van der Waals surface area contributed by atoms with Crippen LogP contribution in [-0.4, -0.2) is 18.5 Å². The maximum Gasteiger partial charge on any atom is 0.168 e. The molecule has 1 heterocycles. The quantitative estimate of drug-likeness (QED) is 0.759. The lowest BCUT2D eigenvalue weighted by Crippen LogP contribution is -2.49. The van der Waals surface area contributed by atoms with Gasteiger partial charge in [0, 0.05) is 18.8 Å². The van der Waals surface area contributed by atoms with Gasteiger partial charge in [-0.25, -0.2) is 0 Å². The molecule has 1 aromatic carbocycles. The normalized spacial score (nSPS) is 28.4. The molecule has 3 rings (SSSR count). The Hall–Kier alpha value is -1.12. The second-order valence-corrected chi connectivity index (χ2v) is 6.36. The fraction of sp³-hybridized carbons (Fsp3) is 0.579. The van der Waals surface area contributed by atoms with Crippen LogP contribution in [0, 0.1) is 5.92 Å². The van der Waals surface area contributed by atoms with E-state index in [0.717, 1.165) is 32.3 Å². The average Bonchev–Trinajstić information content (AvgIpc) is 2.55. The third-order valence-electron chi connectivity index (χ3n) is 4.86. The molecule has 0 amide bonds. The molecule has 1 saturated carbocycles. The van der Waals surface area contributed by atoms with E-state index < -0.39 is 0 Å². The summed E-state index contributed by atoms with van der Waals surface area (Å²) in [6, 6.07) is 10.7. The minimum Gasteiger partial charge on any atom is -0.349 e. The van der Waals surface area contributed by atoms with Crippen molar-refractivity contribution in [3.8, 4) is 0 Å². The van der Waals surface area contributed by atoms with Gasteiger partial charge in [0.2, 0.25) is 0 Å². The number of benzene rings is 1. The molecule has 2 aliphatic rings. The molecule has 0 radical (unpaired) electrons. The van der Waals surface area contributed by atoms with Gasteiger partial charge < -0.3 is 9.47 Å². The van der Waals surface area contributed by atoms with Crippen LogP contribution < -0.4 is 0 Å². The van der Waals surface area contributed by atoms with Crippen LogP contribution in [-0.2, 0) is 15.9 Å². The van der Waals surface area contributed by atoms with Crippen molar-refractivity contribution in [1.82, 2.24) is 0 Å². The van der Waals surface area contributed by atoms with E-state index in [-0.39, 0.29) is 11.9 Å². The van der Waals surface area contributed by atoms with Crippen LogP contribution in [0.4, 0.5) is 0 Å². The lowest BCUT2D eigenvalue weighted by Gasteiger charge is -2.46. The predicted octanol–water partition coefficient (Wildman–Crippen LogP) is 4.50. The van der Waals surface area contributed by atoms with Crippen molar-refractivity contribution in [2.24, 2.45) is 5.92 Å². The molecule has 1 saturated heterocycles. The molecule has 2 fully saturated rings. The Kier molecular flexibility index (Phi) is 4.77. The van der Waals surface area contributed by atoms with Gasteiger partial charge in [-0.15, -0.1) is 6.58 Å². The van der Waals surface area contributed by atoms with E-state index in [9.17, 15) is 0 Å². The zero-order valence-electron chi connectivity index (χ0n) is 12.8. The number of hydrogen-bond donors (Lipinski definition) is 0. The molecule has 1 aliphatic heterocycles. The first-order valence-electron chi connectivity index (χ1n) is 8.30. The summed E-state index contributed by atoms with van der Waals surface area (Å²) in [4.78, 5) is 0. The molecule has 114 valence electrons. The molecule has 0 unspecified atom stereocenters. The summed E-state index contributed by atoms with van der Waals surface area (Å²) in [5.74, 6) is 0.0281. The fourth-order valence-corrected chi connectivity index (χ4v) is 3.55. The lowest BCUT2D eigenvalue weighted by atomic mass is 9.89. The van der Waals surface area contributed by atoms with E-state index in [2.05, 4.69) is 36.9 Å². The van der Waals surface area contributed by atoms with Gasteiger partial charge in [-0.2, -0.15) is 0 Å². The van der Waals surface area contributed by atoms with Crippen molar-refractivity contribution in [3.05, 3.63) is 48.6 Å². The van der Waals surface area contributed by atoms with Gasteiger partial charge in [0.1, 0.15) is 0 Å². The van der Waals surface area contributed by atoms with Crippen molar-refractivity contribution in [3.63, 3.8) is 0 Å². The highest BCUT2D eigenvalue weighted by atomic mass is 16.7. The summed E-state index contributed by atoms with van der Waals surface area (Å²) in [5, 5.41) is 0. The highest BCUT2D eigenvalue weighted by Crippen LogP contribution is 2.39. The highest BCUT2D eigenvalue weighted by Gasteiger charge is 2.42. The Morgan fingerprint density at radius 3 is 2.62 bits per heavy atom. The SMILES string of the molecule is C=C[C@H]1COC2(CCCCC2)O[C@@H]1CCc1ccccc1. The molecule has 1 aliphatic carbocycles. The average molecular weight is 286 g/mol. The first-order chi connectivity index (χ1) is 10.3. The summed E-state index contributed by atoms with van der Waals surface area (Å²) in [6.07, 6.45) is 10.2. The topological polar surface area (TPSA) is 18.5 Å². The fourth-order valence-electron chi connectivity index (χ4n) is 3.55. The molecule has 0 bridgehead atoms. The Bertz CT molecular complexity index is 448. The minimum atomic E-state index is -0.293. The Balaban J connectivity index is 1.63. The number of ether oxygens (including phenoxy) is 2. The van der Waals surface area contributed by atoms with Crippen molar-refractivity contribution in [2.45, 2.75) is 56.8 Å². The Labute approximate surface area is 128 Å². The van der Waals surface area contributed by atoms with E-state index in [1.165, 1.54) is 24.8 Å². The van der Waals surface area contributed by atoms with Gasteiger partial charge in [-0.05, 0) is 31.2 Å². The molecule has 21 heavy (non-hydrogen) atoms. The van der Waals surface area contributed by atoms with Crippen molar-refractivity contribution < 1.29 is 9.47 Å². The molecule has 0 N–H and O–H groups in total. The lowest BCUT2D eigenvalue weighted by molar-refractivity contribution is -0.317. The standard InChI is InChI=1S/C19H26O2/c1-2-17-15-20-19(13-7-4-8-14-19)21-18(17)12-11-16-9-5-3-6-10-16/h2-3,5-6,9-10,17-18H,1,4,7-8,11-15H2/t17-,18+/m0/s1. The van der Waals surface area contributed by atoms with E-state index >= 15 is 0 Å². The van der Waals surface area contributed by atoms with E-state index in [1.807, 2.05) is 6.08 Å². The molecule has 2 heteroatoms. The molecular weight excluding hydrogens is 260 g/mol. The first-order valence-corrected chi connectivity index (χ1v) is 8.30. The zero-order chi connectivity index (χ0) is 14.5. The summed E-state index contributed by atoms with van der Waals surface area (Å²) in [6.45, 7) is 4.73. The summed E-state index contributed by atoms with van der Waals surface area (Å²) < 4.78 is 12.5. The summed E-state index contributed by atoms with van der Waals surface area (Å²) in [7, 11) is 0. The minimum absolute atomic E-state index is 0.245. The molecule has 2 nitrogen and oxygen atoms in total. The Morgan fingerprint density at radius 2 is 1.90 bits per heavy atom. The number of rotatable bonds is 4.